The average molecular weight is 164 g/mol. The fourth-order valence-electron chi connectivity index (χ4n) is 1.17. The van der Waals surface area contributed by atoms with E-state index in [2.05, 4.69) is 0 Å². The molecule has 1 aliphatic heterocycles. The molecule has 0 saturated heterocycles. The van der Waals surface area contributed by atoms with Crippen molar-refractivity contribution in [2.45, 2.75) is 6.82 Å². The highest BCUT2D eigenvalue weighted by Gasteiger charge is 2.15. The summed E-state index contributed by atoms with van der Waals surface area (Å²) >= 11 is 0. The number of hydrogen-bond acceptors (Lipinski definition) is 3. The lowest BCUT2D eigenvalue weighted by molar-refractivity contribution is 0.174. The topological polar surface area (TPSA) is 38.7 Å². The lowest BCUT2D eigenvalue weighted by Gasteiger charge is -2.01. The molecule has 0 amide bonds. The normalized spacial score (nSPS) is 13.2. The maximum atomic E-state index is 9.26. The zero-order chi connectivity index (χ0) is 8.55. The van der Waals surface area contributed by atoms with Crippen molar-refractivity contribution >= 4 is 12.4 Å². The number of rotatable bonds is 1. The Hall–Kier alpha value is -1.16. The van der Waals surface area contributed by atoms with Crippen LogP contribution in [-0.2, 0) is 0 Å². The van der Waals surface area contributed by atoms with E-state index < -0.39 is 6.92 Å². The second kappa shape index (κ2) is 2.71. The summed E-state index contributed by atoms with van der Waals surface area (Å²) in [4.78, 5) is 0. The summed E-state index contributed by atoms with van der Waals surface area (Å²) in [6.07, 6.45) is 0. The third kappa shape index (κ3) is 1.14. The van der Waals surface area contributed by atoms with E-state index in [1.165, 1.54) is 0 Å². The summed E-state index contributed by atoms with van der Waals surface area (Å²) < 4.78 is 10.3. The monoisotopic (exact) mass is 164 g/mol. The maximum absolute atomic E-state index is 9.26. The van der Waals surface area contributed by atoms with E-state index in [0.717, 1.165) is 11.2 Å². The van der Waals surface area contributed by atoms with Gasteiger partial charge in [-0.1, -0.05) is 12.9 Å². The van der Waals surface area contributed by atoms with Crippen molar-refractivity contribution < 1.29 is 14.5 Å². The lowest BCUT2D eigenvalue weighted by atomic mass is 9.64. The Morgan fingerprint density at radius 1 is 1.33 bits per heavy atom. The van der Waals surface area contributed by atoms with Crippen LogP contribution in [0.1, 0.15) is 0 Å². The molecule has 1 aliphatic rings. The maximum Gasteiger partial charge on any atom is 0.320 e. The Kier molecular flexibility index (Phi) is 1.69. The van der Waals surface area contributed by atoms with Crippen molar-refractivity contribution in [3.63, 3.8) is 0 Å². The van der Waals surface area contributed by atoms with Crippen LogP contribution in [0, 0.1) is 0 Å². The molecule has 0 aliphatic carbocycles. The zero-order valence-electron chi connectivity index (χ0n) is 6.78. The highest BCUT2D eigenvalue weighted by molar-refractivity contribution is 6.64. The van der Waals surface area contributed by atoms with Crippen molar-refractivity contribution in [1.29, 1.82) is 0 Å². The molecule has 0 bridgehead atoms. The molecule has 2 rings (SSSR count). The smallest absolute Gasteiger partial charge is 0.320 e. The molecule has 0 fully saturated rings. The van der Waals surface area contributed by atoms with Crippen molar-refractivity contribution in [1.82, 2.24) is 0 Å². The van der Waals surface area contributed by atoms with Crippen molar-refractivity contribution in [3.05, 3.63) is 18.2 Å². The first kappa shape index (κ1) is 7.49. The first-order chi connectivity index (χ1) is 5.77. The first-order valence-electron chi connectivity index (χ1n) is 3.85. The van der Waals surface area contributed by atoms with E-state index in [1.807, 2.05) is 12.1 Å². The summed E-state index contributed by atoms with van der Waals surface area (Å²) in [6, 6.07) is 5.44. The predicted octanol–water partition coefficient (Wildman–Crippen LogP) is 0.236. The molecule has 0 unspecified atom stereocenters. The molecule has 1 aromatic rings. The minimum absolute atomic E-state index is 0.276. The Labute approximate surface area is 71.0 Å². The van der Waals surface area contributed by atoms with Gasteiger partial charge in [-0.05, 0) is 17.6 Å². The fraction of sp³-hybridized carbons (Fsp3) is 0.250. The van der Waals surface area contributed by atoms with E-state index in [9.17, 15) is 5.02 Å². The van der Waals surface area contributed by atoms with Gasteiger partial charge in [-0.2, -0.15) is 0 Å². The molecular formula is C8H9BO3. The van der Waals surface area contributed by atoms with Gasteiger partial charge < -0.3 is 14.5 Å². The van der Waals surface area contributed by atoms with Crippen LogP contribution in [0.2, 0.25) is 6.82 Å². The van der Waals surface area contributed by atoms with E-state index in [0.29, 0.717) is 5.75 Å². The summed E-state index contributed by atoms with van der Waals surface area (Å²) in [7, 11) is 0. The van der Waals surface area contributed by atoms with Crippen LogP contribution in [0.25, 0.3) is 0 Å². The van der Waals surface area contributed by atoms with E-state index >= 15 is 0 Å². The van der Waals surface area contributed by atoms with Gasteiger partial charge in [-0.15, -0.1) is 0 Å². The molecule has 4 heteroatoms. The molecule has 1 aromatic carbocycles. The number of ether oxygens (including phenoxy) is 2. The van der Waals surface area contributed by atoms with Crippen LogP contribution in [0.3, 0.4) is 0 Å². The lowest BCUT2D eigenvalue weighted by Crippen LogP contribution is -2.25. The quantitative estimate of drug-likeness (QED) is 0.604. The zero-order valence-corrected chi connectivity index (χ0v) is 6.78. The molecule has 1 heterocycles. The Morgan fingerprint density at radius 3 is 2.83 bits per heavy atom. The highest BCUT2D eigenvalue weighted by atomic mass is 16.7. The van der Waals surface area contributed by atoms with Gasteiger partial charge in [0.05, 0.1) is 0 Å². The third-order valence-corrected chi connectivity index (χ3v) is 1.88. The number of fused-ring (bicyclic) bond motifs is 1. The van der Waals surface area contributed by atoms with E-state index in [4.69, 9.17) is 9.47 Å². The van der Waals surface area contributed by atoms with Crippen LogP contribution in [0.4, 0.5) is 0 Å². The average Bonchev–Trinajstić information content (AvgIpc) is 2.49. The molecule has 0 spiro atoms. The van der Waals surface area contributed by atoms with Gasteiger partial charge in [0.25, 0.3) is 0 Å². The Balaban J connectivity index is 2.39. The van der Waals surface area contributed by atoms with Crippen LogP contribution in [0.15, 0.2) is 18.2 Å². The Morgan fingerprint density at radius 2 is 2.08 bits per heavy atom. The molecule has 0 atom stereocenters. The van der Waals surface area contributed by atoms with E-state index in [1.54, 1.807) is 12.9 Å². The third-order valence-electron chi connectivity index (χ3n) is 1.88. The molecule has 0 saturated carbocycles. The molecule has 3 nitrogen and oxygen atoms in total. The number of benzene rings is 1. The van der Waals surface area contributed by atoms with Gasteiger partial charge in [-0.3, -0.25) is 0 Å². The fourth-order valence-corrected chi connectivity index (χ4v) is 1.17. The molecular weight excluding hydrogens is 155 g/mol. The SMILES string of the molecule is CB(O)c1ccc2c(c1)OCO2. The van der Waals surface area contributed by atoms with Gasteiger partial charge in [0.1, 0.15) is 0 Å². The second-order valence-corrected chi connectivity index (χ2v) is 2.79. The van der Waals surface area contributed by atoms with Crippen LogP contribution in [0.5, 0.6) is 11.5 Å². The molecule has 62 valence electrons. The summed E-state index contributed by atoms with van der Waals surface area (Å²) in [6.45, 7) is 1.54. The van der Waals surface area contributed by atoms with Gasteiger partial charge >= 0.3 is 6.92 Å². The van der Waals surface area contributed by atoms with Gasteiger partial charge in [0, 0.05) is 0 Å². The van der Waals surface area contributed by atoms with E-state index in [-0.39, 0.29) is 6.79 Å². The first-order valence-corrected chi connectivity index (χ1v) is 3.85. The molecule has 0 aromatic heterocycles. The second-order valence-electron chi connectivity index (χ2n) is 2.79. The Bertz CT molecular complexity index is 298. The van der Waals surface area contributed by atoms with Crippen molar-refractivity contribution in [2.24, 2.45) is 0 Å². The van der Waals surface area contributed by atoms with Crippen LogP contribution >= 0.6 is 0 Å². The van der Waals surface area contributed by atoms with Crippen molar-refractivity contribution in [3.8, 4) is 11.5 Å². The highest BCUT2D eigenvalue weighted by Crippen LogP contribution is 2.29. The number of hydrogen-bond donors (Lipinski definition) is 1. The van der Waals surface area contributed by atoms with Crippen molar-refractivity contribution in [2.75, 3.05) is 6.79 Å². The standard InChI is InChI=1S/C8H9BO3/c1-9(10)6-2-3-7-8(4-6)12-5-11-7/h2-4,10H,5H2,1H3. The summed E-state index contributed by atoms with van der Waals surface area (Å²) in [5, 5.41) is 9.26. The minimum Gasteiger partial charge on any atom is -0.454 e. The molecule has 12 heavy (non-hydrogen) atoms. The van der Waals surface area contributed by atoms with Crippen LogP contribution in [-0.4, -0.2) is 18.7 Å². The summed E-state index contributed by atoms with van der Waals surface area (Å²) in [5.41, 5.74) is 0.847. The minimum atomic E-state index is -0.459. The molecule has 1 N–H and O–H groups in total. The molecule has 0 radical (unpaired) electrons. The largest absolute Gasteiger partial charge is 0.454 e. The van der Waals surface area contributed by atoms with Gasteiger partial charge in [0.15, 0.2) is 11.5 Å². The van der Waals surface area contributed by atoms with Gasteiger partial charge in [0.2, 0.25) is 6.79 Å². The summed E-state index contributed by atoms with van der Waals surface area (Å²) in [5.74, 6) is 1.47. The van der Waals surface area contributed by atoms with Crippen LogP contribution < -0.4 is 14.9 Å². The predicted molar refractivity (Wildman–Crippen MR) is 46.0 cm³/mol. The van der Waals surface area contributed by atoms with Gasteiger partial charge in [-0.25, -0.2) is 0 Å².